The minimum atomic E-state index is -0.724. The second kappa shape index (κ2) is 8.83. The standard InChI is InChI=1S/C27H23ClN2O3/c28-22-11-9-19(10-12-22)24-23(25(31)21-8-7-18-5-1-2-6-20(18)14-21)26(32)27(33)30(24)16-17-4-3-13-29-15-17/h3-4,7-15,24,31H,1-2,5-6,16H2/b25-23-. The Morgan fingerprint density at radius 2 is 1.79 bits per heavy atom. The first-order valence-electron chi connectivity index (χ1n) is 11.1. The lowest BCUT2D eigenvalue weighted by Gasteiger charge is -2.25. The van der Waals surface area contributed by atoms with Gasteiger partial charge in [-0.15, -0.1) is 0 Å². The first-order valence-corrected chi connectivity index (χ1v) is 11.5. The average Bonchev–Trinajstić information content (AvgIpc) is 3.09. The number of hydrogen-bond acceptors (Lipinski definition) is 4. The van der Waals surface area contributed by atoms with Gasteiger partial charge in [0.1, 0.15) is 5.76 Å². The van der Waals surface area contributed by atoms with Gasteiger partial charge in [-0.2, -0.15) is 0 Å². The molecule has 166 valence electrons. The second-order valence-electron chi connectivity index (χ2n) is 8.53. The monoisotopic (exact) mass is 458 g/mol. The fourth-order valence-corrected chi connectivity index (χ4v) is 4.89. The molecule has 5 nitrogen and oxygen atoms in total. The number of carbonyl (C=O) groups excluding carboxylic acids is 2. The number of aliphatic hydroxyl groups excluding tert-OH is 1. The maximum absolute atomic E-state index is 13.2. The Hall–Kier alpha value is -3.44. The van der Waals surface area contributed by atoms with Gasteiger partial charge in [-0.25, -0.2) is 0 Å². The van der Waals surface area contributed by atoms with Gasteiger partial charge >= 0.3 is 0 Å². The smallest absolute Gasteiger partial charge is 0.295 e. The minimum Gasteiger partial charge on any atom is -0.507 e. The van der Waals surface area contributed by atoms with E-state index in [4.69, 9.17) is 11.6 Å². The fraction of sp³-hybridized carbons (Fsp3) is 0.222. The molecule has 6 heteroatoms. The summed E-state index contributed by atoms with van der Waals surface area (Å²) in [4.78, 5) is 31.9. The summed E-state index contributed by atoms with van der Waals surface area (Å²) in [6.45, 7) is 0.201. The van der Waals surface area contributed by atoms with E-state index >= 15 is 0 Å². The summed E-state index contributed by atoms with van der Waals surface area (Å²) in [5, 5.41) is 11.9. The summed E-state index contributed by atoms with van der Waals surface area (Å²) in [5.41, 5.74) is 4.65. The van der Waals surface area contributed by atoms with E-state index in [1.165, 1.54) is 16.0 Å². The number of amides is 1. The van der Waals surface area contributed by atoms with Gasteiger partial charge in [0.2, 0.25) is 0 Å². The molecule has 1 atom stereocenters. The van der Waals surface area contributed by atoms with Crippen molar-refractivity contribution in [2.24, 2.45) is 0 Å². The molecule has 3 aromatic rings. The van der Waals surface area contributed by atoms with Gasteiger partial charge in [0, 0.05) is 29.5 Å². The summed E-state index contributed by atoms with van der Waals surface area (Å²) >= 11 is 6.09. The fourth-order valence-electron chi connectivity index (χ4n) is 4.76. The van der Waals surface area contributed by atoms with Crippen LogP contribution >= 0.6 is 11.6 Å². The van der Waals surface area contributed by atoms with Crippen molar-refractivity contribution < 1.29 is 14.7 Å². The molecule has 2 aliphatic rings. The first kappa shape index (κ1) is 21.4. The predicted molar refractivity (Wildman–Crippen MR) is 127 cm³/mol. The Labute approximate surface area is 197 Å². The maximum Gasteiger partial charge on any atom is 0.295 e. The molecule has 5 rings (SSSR count). The van der Waals surface area contributed by atoms with Gasteiger partial charge in [-0.1, -0.05) is 41.9 Å². The van der Waals surface area contributed by atoms with E-state index in [0.29, 0.717) is 16.1 Å². The van der Waals surface area contributed by atoms with Crippen molar-refractivity contribution in [2.45, 2.75) is 38.3 Å². The third-order valence-electron chi connectivity index (χ3n) is 6.42. The molecule has 0 spiro atoms. The van der Waals surface area contributed by atoms with E-state index in [0.717, 1.165) is 31.2 Å². The molecular formula is C27H23ClN2O3. The Morgan fingerprint density at radius 3 is 2.52 bits per heavy atom. The van der Waals surface area contributed by atoms with Crippen molar-refractivity contribution >= 4 is 29.1 Å². The number of hydrogen-bond donors (Lipinski definition) is 1. The Bertz CT molecular complexity index is 1250. The van der Waals surface area contributed by atoms with E-state index in [-0.39, 0.29) is 17.9 Å². The Kier molecular flexibility index (Phi) is 5.73. The van der Waals surface area contributed by atoms with Gasteiger partial charge in [-0.05, 0) is 72.2 Å². The highest BCUT2D eigenvalue weighted by Gasteiger charge is 2.46. The largest absolute Gasteiger partial charge is 0.507 e. The number of nitrogens with zero attached hydrogens (tertiary/aromatic N) is 2. The van der Waals surface area contributed by atoms with Crippen LogP contribution < -0.4 is 0 Å². The van der Waals surface area contributed by atoms with Crippen molar-refractivity contribution in [3.05, 3.63) is 105 Å². The molecule has 0 saturated carbocycles. The molecule has 1 aliphatic heterocycles. The zero-order valence-electron chi connectivity index (χ0n) is 18.0. The van der Waals surface area contributed by atoms with E-state index < -0.39 is 17.7 Å². The number of pyridine rings is 1. The van der Waals surface area contributed by atoms with Gasteiger partial charge in [0.05, 0.1) is 11.6 Å². The van der Waals surface area contributed by atoms with Crippen LogP contribution in [0.5, 0.6) is 0 Å². The Balaban J connectivity index is 1.63. The SMILES string of the molecule is O=C1C(=O)N(Cc2cccnc2)C(c2ccc(Cl)cc2)/C1=C(/O)c1ccc2c(c1)CCCC2. The van der Waals surface area contributed by atoms with Crippen LogP contribution in [0.2, 0.25) is 5.02 Å². The van der Waals surface area contributed by atoms with Crippen molar-refractivity contribution in [2.75, 3.05) is 0 Å². The van der Waals surface area contributed by atoms with Gasteiger partial charge in [0.15, 0.2) is 0 Å². The molecule has 1 fully saturated rings. The molecule has 1 unspecified atom stereocenters. The molecule has 1 aliphatic carbocycles. The number of rotatable bonds is 4. The van der Waals surface area contributed by atoms with E-state index in [2.05, 4.69) is 4.98 Å². The zero-order chi connectivity index (χ0) is 22.9. The van der Waals surface area contributed by atoms with Crippen molar-refractivity contribution in [3.8, 4) is 0 Å². The van der Waals surface area contributed by atoms with Crippen LogP contribution in [-0.2, 0) is 29.0 Å². The van der Waals surface area contributed by atoms with E-state index in [9.17, 15) is 14.7 Å². The number of Topliss-reactive ketones (excluding diaryl/α,β-unsaturated/α-hetero) is 1. The third-order valence-corrected chi connectivity index (χ3v) is 6.68. The number of ketones is 1. The number of benzene rings is 2. The van der Waals surface area contributed by atoms with Crippen LogP contribution in [0, 0.1) is 0 Å². The average molecular weight is 459 g/mol. The van der Waals surface area contributed by atoms with Crippen molar-refractivity contribution in [1.29, 1.82) is 0 Å². The highest BCUT2D eigenvalue weighted by atomic mass is 35.5. The molecule has 1 aromatic heterocycles. The first-order chi connectivity index (χ1) is 16.0. The predicted octanol–water partition coefficient (Wildman–Crippen LogP) is 5.24. The summed E-state index contributed by atoms with van der Waals surface area (Å²) in [6, 6.07) is 15.8. The number of halogens is 1. The van der Waals surface area contributed by atoms with Crippen molar-refractivity contribution in [3.63, 3.8) is 0 Å². The molecule has 0 bridgehead atoms. The summed E-state index contributed by atoms with van der Waals surface area (Å²) < 4.78 is 0. The topological polar surface area (TPSA) is 70.5 Å². The number of fused-ring (bicyclic) bond motifs is 1. The van der Waals surface area contributed by atoms with Crippen LogP contribution in [0.1, 0.15) is 46.7 Å². The summed E-state index contributed by atoms with van der Waals surface area (Å²) in [7, 11) is 0. The highest BCUT2D eigenvalue weighted by Crippen LogP contribution is 2.41. The molecular weight excluding hydrogens is 436 g/mol. The normalized spacial score (nSPS) is 19.5. The van der Waals surface area contributed by atoms with Gasteiger partial charge in [0.25, 0.3) is 11.7 Å². The van der Waals surface area contributed by atoms with Crippen LogP contribution in [0.25, 0.3) is 5.76 Å². The highest BCUT2D eigenvalue weighted by molar-refractivity contribution is 6.46. The minimum absolute atomic E-state index is 0.0990. The molecule has 2 aromatic carbocycles. The zero-order valence-corrected chi connectivity index (χ0v) is 18.8. The third kappa shape index (κ3) is 4.05. The Morgan fingerprint density at radius 1 is 1.03 bits per heavy atom. The number of aromatic nitrogens is 1. The summed E-state index contributed by atoms with van der Waals surface area (Å²) in [5.74, 6) is -1.47. The quantitative estimate of drug-likeness (QED) is 0.330. The molecule has 0 radical (unpaired) electrons. The molecule has 2 heterocycles. The second-order valence-corrected chi connectivity index (χ2v) is 8.97. The lowest BCUT2D eigenvalue weighted by atomic mass is 9.88. The van der Waals surface area contributed by atoms with Gasteiger partial charge < -0.3 is 10.0 Å². The lowest BCUT2D eigenvalue weighted by Crippen LogP contribution is -2.29. The molecule has 1 saturated heterocycles. The summed E-state index contributed by atoms with van der Waals surface area (Å²) in [6.07, 6.45) is 7.57. The van der Waals surface area contributed by atoms with Crippen molar-refractivity contribution in [1.82, 2.24) is 9.88 Å². The van der Waals surface area contributed by atoms with Crippen LogP contribution in [0.4, 0.5) is 0 Å². The maximum atomic E-state index is 13.2. The number of carbonyl (C=O) groups is 2. The van der Waals surface area contributed by atoms with Crippen LogP contribution in [0.3, 0.4) is 0 Å². The number of aliphatic hydroxyl groups is 1. The lowest BCUT2D eigenvalue weighted by molar-refractivity contribution is -0.140. The van der Waals surface area contributed by atoms with Gasteiger partial charge in [-0.3, -0.25) is 14.6 Å². The van der Waals surface area contributed by atoms with Crippen LogP contribution in [-0.4, -0.2) is 26.7 Å². The molecule has 1 N–H and O–H groups in total. The van der Waals surface area contributed by atoms with E-state index in [1.54, 1.807) is 42.7 Å². The van der Waals surface area contributed by atoms with Crippen LogP contribution in [0.15, 0.2) is 72.6 Å². The number of likely N-dealkylation sites (tertiary alicyclic amines) is 1. The number of aryl methyl sites for hydroxylation is 2. The molecule has 33 heavy (non-hydrogen) atoms. The van der Waals surface area contributed by atoms with E-state index in [1.807, 2.05) is 24.3 Å². The molecule has 1 amide bonds.